The summed E-state index contributed by atoms with van der Waals surface area (Å²) in [5.41, 5.74) is 2.57. The Morgan fingerprint density at radius 3 is 1.50 bits per heavy atom. The maximum absolute atomic E-state index is 13.4. The maximum Gasteiger partial charge on any atom is 0.123 e. The van der Waals surface area contributed by atoms with E-state index in [0.29, 0.717) is 22.3 Å². The summed E-state index contributed by atoms with van der Waals surface area (Å²) in [7, 11) is 0. The average Bonchev–Trinajstić information content (AvgIpc) is 2.58. The van der Waals surface area contributed by atoms with Crippen LogP contribution in [0.1, 0.15) is 27.8 Å². The Kier molecular flexibility index (Phi) is 4.80. The van der Waals surface area contributed by atoms with E-state index in [1.54, 1.807) is 12.1 Å². The molecule has 0 aromatic heterocycles. The lowest BCUT2D eigenvalue weighted by Gasteiger charge is -2.13. The SMILES string of the molecule is Cc1cc(Cc2cc(F)ccc2O)c(O)c(Cc2cc(F)ccc2O)c1. The molecule has 0 spiro atoms. The Morgan fingerprint density at radius 1 is 0.654 bits per heavy atom. The van der Waals surface area contributed by atoms with Crippen LogP contribution in [-0.2, 0) is 12.8 Å². The van der Waals surface area contributed by atoms with Crippen LogP contribution in [0.2, 0.25) is 0 Å². The predicted octanol–water partition coefficient (Wildman–Crippen LogP) is 4.57. The quantitative estimate of drug-likeness (QED) is 0.642. The number of phenolic OH excluding ortho intramolecular Hbond substituents is 3. The van der Waals surface area contributed by atoms with Crippen LogP contribution < -0.4 is 0 Å². The Hall–Kier alpha value is -3.08. The van der Waals surface area contributed by atoms with Crippen molar-refractivity contribution in [1.82, 2.24) is 0 Å². The third-order valence-corrected chi connectivity index (χ3v) is 4.26. The van der Waals surface area contributed by atoms with Gasteiger partial charge in [-0.3, -0.25) is 0 Å². The second kappa shape index (κ2) is 7.04. The molecule has 0 radical (unpaired) electrons. The lowest BCUT2D eigenvalue weighted by atomic mass is 9.95. The molecule has 0 aliphatic carbocycles. The van der Waals surface area contributed by atoms with E-state index >= 15 is 0 Å². The van der Waals surface area contributed by atoms with Gasteiger partial charge in [0.2, 0.25) is 0 Å². The normalized spacial score (nSPS) is 10.9. The monoisotopic (exact) mass is 356 g/mol. The van der Waals surface area contributed by atoms with Gasteiger partial charge in [-0.25, -0.2) is 8.78 Å². The highest BCUT2D eigenvalue weighted by Gasteiger charge is 2.14. The van der Waals surface area contributed by atoms with Gasteiger partial charge >= 0.3 is 0 Å². The molecule has 0 fully saturated rings. The van der Waals surface area contributed by atoms with Gasteiger partial charge in [-0.15, -0.1) is 0 Å². The van der Waals surface area contributed by atoms with E-state index < -0.39 is 11.6 Å². The third-order valence-electron chi connectivity index (χ3n) is 4.26. The molecule has 3 nitrogen and oxygen atoms in total. The van der Waals surface area contributed by atoms with Gasteiger partial charge in [0.15, 0.2) is 0 Å². The van der Waals surface area contributed by atoms with E-state index in [2.05, 4.69) is 0 Å². The summed E-state index contributed by atoms with van der Waals surface area (Å²) in [6, 6.07) is 10.8. The largest absolute Gasteiger partial charge is 0.508 e. The molecule has 0 unspecified atom stereocenters. The molecule has 0 aliphatic rings. The summed E-state index contributed by atoms with van der Waals surface area (Å²) in [6.07, 6.45) is 0.276. The van der Waals surface area contributed by atoms with E-state index in [0.717, 1.165) is 17.7 Å². The van der Waals surface area contributed by atoms with Crippen LogP contribution in [0.4, 0.5) is 8.78 Å². The van der Waals surface area contributed by atoms with Gasteiger partial charge in [-0.05, 0) is 54.4 Å². The van der Waals surface area contributed by atoms with Crippen molar-refractivity contribution in [2.24, 2.45) is 0 Å². The number of halogens is 2. The highest BCUT2D eigenvalue weighted by atomic mass is 19.1. The van der Waals surface area contributed by atoms with E-state index in [4.69, 9.17) is 0 Å². The molecule has 3 rings (SSSR count). The molecule has 0 saturated carbocycles. The number of aromatic hydroxyl groups is 3. The lowest BCUT2D eigenvalue weighted by molar-refractivity contribution is 0.455. The van der Waals surface area contributed by atoms with Crippen LogP contribution >= 0.6 is 0 Å². The summed E-state index contributed by atoms with van der Waals surface area (Å²) < 4.78 is 26.9. The first kappa shape index (κ1) is 17.7. The zero-order valence-corrected chi connectivity index (χ0v) is 14.1. The van der Waals surface area contributed by atoms with Crippen molar-refractivity contribution < 1.29 is 24.1 Å². The minimum Gasteiger partial charge on any atom is -0.508 e. The molecule has 134 valence electrons. The number of rotatable bonds is 4. The molecule has 0 atom stereocenters. The maximum atomic E-state index is 13.4. The highest BCUT2D eigenvalue weighted by Crippen LogP contribution is 2.32. The number of benzene rings is 3. The zero-order chi connectivity index (χ0) is 18.8. The lowest BCUT2D eigenvalue weighted by Crippen LogP contribution is -1.98. The summed E-state index contributed by atoms with van der Waals surface area (Å²) >= 11 is 0. The highest BCUT2D eigenvalue weighted by molar-refractivity contribution is 5.50. The van der Waals surface area contributed by atoms with Crippen LogP contribution in [0.25, 0.3) is 0 Å². The molecule has 0 aliphatic heterocycles. The van der Waals surface area contributed by atoms with Gasteiger partial charge in [0, 0.05) is 24.0 Å². The molecular formula is C21H18F2O3. The number of aryl methyl sites for hydroxylation is 1. The Morgan fingerprint density at radius 2 is 1.08 bits per heavy atom. The van der Waals surface area contributed by atoms with Crippen molar-refractivity contribution in [1.29, 1.82) is 0 Å². The number of phenols is 3. The molecule has 0 heterocycles. The number of hydrogen-bond donors (Lipinski definition) is 3. The minimum atomic E-state index is -0.477. The van der Waals surface area contributed by atoms with Gasteiger partial charge in [0.25, 0.3) is 0 Å². The van der Waals surface area contributed by atoms with Gasteiger partial charge in [0.1, 0.15) is 28.9 Å². The van der Waals surface area contributed by atoms with E-state index in [1.165, 1.54) is 24.3 Å². The molecule has 0 saturated heterocycles. The fourth-order valence-electron chi connectivity index (χ4n) is 3.01. The van der Waals surface area contributed by atoms with Crippen LogP contribution in [0, 0.1) is 18.6 Å². The fourth-order valence-corrected chi connectivity index (χ4v) is 3.01. The van der Waals surface area contributed by atoms with Crippen LogP contribution in [-0.4, -0.2) is 15.3 Å². The number of hydrogen-bond acceptors (Lipinski definition) is 3. The average molecular weight is 356 g/mol. The first-order valence-electron chi connectivity index (χ1n) is 8.09. The first-order valence-corrected chi connectivity index (χ1v) is 8.09. The Labute approximate surface area is 149 Å². The molecule has 0 bridgehead atoms. The van der Waals surface area contributed by atoms with Crippen molar-refractivity contribution in [3.63, 3.8) is 0 Å². The van der Waals surface area contributed by atoms with E-state index in [1.807, 2.05) is 6.92 Å². The van der Waals surface area contributed by atoms with Crippen LogP contribution in [0.15, 0.2) is 48.5 Å². The Bertz CT molecular complexity index is 893. The van der Waals surface area contributed by atoms with Crippen LogP contribution in [0.5, 0.6) is 17.2 Å². The van der Waals surface area contributed by atoms with E-state index in [9.17, 15) is 24.1 Å². The second-order valence-corrected chi connectivity index (χ2v) is 6.33. The van der Waals surface area contributed by atoms with Gasteiger partial charge in [-0.1, -0.05) is 17.7 Å². The molecule has 26 heavy (non-hydrogen) atoms. The van der Waals surface area contributed by atoms with Gasteiger partial charge in [-0.2, -0.15) is 0 Å². The first-order chi connectivity index (χ1) is 12.3. The standard InChI is InChI=1S/C21H18F2O3/c1-12-6-15(8-13-10-17(22)2-4-19(13)24)21(26)16(7-12)9-14-11-18(23)3-5-20(14)25/h2-7,10-11,24-26H,8-9H2,1H3. The fraction of sp³-hybridized carbons (Fsp3) is 0.143. The molecule has 0 amide bonds. The smallest absolute Gasteiger partial charge is 0.123 e. The van der Waals surface area contributed by atoms with Gasteiger partial charge < -0.3 is 15.3 Å². The van der Waals surface area contributed by atoms with Crippen LogP contribution in [0.3, 0.4) is 0 Å². The summed E-state index contributed by atoms with van der Waals surface area (Å²) in [4.78, 5) is 0. The molecule has 3 aromatic rings. The molecular weight excluding hydrogens is 338 g/mol. The zero-order valence-electron chi connectivity index (χ0n) is 14.1. The molecule has 3 N–H and O–H groups in total. The topological polar surface area (TPSA) is 60.7 Å². The van der Waals surface area contributed by atoms with E-state index in [-0.39, 0.29) is 30.1 Å². The van der Waals surface area contributed by atoms with Crippen molar-refractivity contribution in [3.05, 3.63) is 88.0 Å². The predicted molar refractivity (Wildman–Crippen MR) is 94.6 cm³/mol. The second-order valence-electron chi connectivity index (χ2n) is 6.33. The van der Waals surface area contributed by atoms with Crippen molar-refractivity contribution >= 4 is 0 Å². The summed E-state index contributed by atoms with van der Waals surface area (Å²) in [5.74, 6) is -1.10. The Balaban J connectivity index is 1.98. The molecule has 3 aromatic carbocycles. The van der Waals surface area contributed by atoms with Crippen molar-refractivity contribution in [2.45, 2.75) is 19.8 Å². The van der Waals surface area contributed by atoms with Crippen molar-refractivity contribution in [2.75, 3.05) is 0 Å². The van der Waals surface area contributed by atoms with Gasteiger partial charge in [0.05, 0.1) is 0 Å². The third kappa shape index (κ3) is 3.77. The summed E-state index contributed by atoms with van der Waals surface area (Å²) in [5, 5.41) is 30.4. The summed E-state index contributed by atoms with van der Waals surface area (Å²) in [6.45, 7) is 1.84. The minimum absolute atomic E-state index is 0.0251. The molecule has 5 heteroatoms. The van der Waals surface area contributed by atoms with Crippen molar-refractivity contribution in [3.8, 4) is 17.2 Å².